The zero-order chi connectivity index (χ0) is 12.8. The summed E-state index contributed by atoms with van der Waals surface area (Å²) in [6.45, 7) is 7.59. The van der Waals surface area contributed by atoms with Crippen LogP contribution < -0.4 is 5.32 Å². The van der Waals surface area contributed by atoms with Gasteiger partial charge in [-0.3, -0.25) is 9.69 Å². The summed E-state index contributed by atoms with van der Waals surface area (Å²) in [5, 5.41) is 3.03. The summed E-state index contributed by atoms with van der Waals surface area (Å²) >= 11 is 0. The maximum absolute atomic E-state index is 11.8. The number of nitrogens with zero attached hydrogens (tertiary/aromatic N) is 1. The summed E-state index contributed by atoms with van der Waals surface area (Å²) < 4.78 is 5.33. The van der Waals surface area contributed by atoms with E-state index in [1.165, 1.54) is 12.8 Å². The van der Waals surface area contributed by atoms with E-state index in [1.54, 1.807) is 0 Å². The van der Waals surface area contributed by atoms with Crippen molar-refractivity contribution in [2.45, 2.75) is 32.6 Å². The van der Waals surface area contributed by atoms with Crippen LogP contribution in [-0.2, 0) is 9.53 Å². The molecule has 0 spiro atoms. The first kappa shape index (κ1) is 13.8. The Morgan fingerprint density at radius 1 is 1.33 bits per heavy atom. The van der Waals surface area contributed by atoms with Crippen LogP contribution in [0.3, 0.4) is 0 Å². The molecule has 2 saturated heterocycles. The molecule has 0 aromatic heterocycles. The van der Waals surface area contributed by atoms with Crippen LogP contribution in [0.15, 0.2) is 0 Å². The van der Waals surface area contributed by atoms with Crippen molar-refractivity contribution >= 4 is 5.91 Å². The Morgan fingerprint density at radius 3 is 2.78 bits per heavy atom. The molecule has 104 valence electrons. The Balaban J connectivity index is 1.54. The van der Waals surface area contributed by atoms with Crippen LogP contribution in [0.1, 0.15) is 32.6 Å². The highest BCUT2D eigenvalue weighted by Crippen LogP contribution is 2.16. The molecule has 2 aliphatic heterocycles. The van der Waals surface area contributed by atoms with Crippen molar-refractivity contribution in [1.82, 2.24) is 10.2 Å². The van der Waals surface area contributed by atoms with Gasteiger partial charge in [-0.15, -0.1) is 0 Å². The molecular formula is C14H26N2O2. The highest BCUT2D eigenvalue weighted by molar-refractivity contribution is 5.77. The SMILES string of the molecule is CC1CCN(CC(=O)NCC[C@@H]2CCOC2)CC1. The number of hydrogen-bond acceptors (Lipinski definition) is 3. The summed E-state index contributed by atoms with van der Waals surface area (Å²) in [4.78, 5) is 14.1. The van der Waals surface area contributed by atoms with Crippen molar-refractivity contribution in [2.24, 2.45) is 11.8 Å². The molecule has 18 heavy (non-hydrogen) atoms. The largest absolute Gasteiger partial charge is 0.381 e. The fraction of sp³-hybridized carbons (Fsp3) is 0.929. The van der Waals surface area contributed by atoms with Crippen molar-refractivity contribution < 1.29 is 9.53 Å². The fourth-order valence-corrected chi connectivity index (χ4v) is 2.71. The number of piperidine rings is 1. The number of rotatable bonds is 5. The van der Waals surface area contributed by atoms with Gasteiger partial charge < -0.3 is 10.1 Å². The Bertz CT molecular complexity index is 257. The van der Waals surface area contributed by atoms with Crippen molar-refractivity contribution in [3.8, 4) is 0 Å². The third-order valence-electron chi connectivity index (χ3n) is 4.14. The fourth-order valence-electron chi connectivity index (χ4n) is 2.71. The molecule has 0 radical (unpaired) electrons. The maximum Gasteiger partial charge on any atom is 0.234 e. The van der Waals surface area contributed by atoms with E-state index in [0.29, 0.717) is 12.5 Å². The molecule has 2 fully saturated rings. The molecule has 0 aliphatic carbocycles. The first-order chi connectivity index (χ1) is 8.74. The zero-order valence-corrected chi connectivity index (χ0v) is 11.5. The van der Waals surface area contributed by atoms with Gasteiger partial charge >= 0.3 is 0 Å². The van der Waals surface area contributed by atoms with Gasteiger partial charge in [-0.05, 0) is 50.6 Å². The predicted molar refractivity (Wildman–Crippen MR) is 71.4 cm³/mol. The van der Waals surface area contributed by atoms with Crippen LogP contribution in [0.2, 0.25) is 0 Å². The minimum absolute atomic E-state index is 0.184. The van der Waals surface area contributed by atoms with Crippen molar-refractivity contribution in [3.05, 3.63) is 0 Å². The molecule has 0 saturated carbocycles. The summed E-state index contributed by atoms with van der Waals surface area (Å²) in [6.07, 6.45) is 4.67. The summed E-state index contributed by atoms with van der Waals surface area (Å²) in [5.41, 5.74) is 0. The lowest BCUT2D eigenvalue weighted by Crippen LogP contribution is -2.41. The average molecular weight is 254 g/mol. The first-order valence-corrected chi connectivity index (χ1v) is 7.31. The van der Waals surface area contributed by atoms with E-state index in [4.69, 9.17) is 4.74 Å². The van der Waals surface area contributed by atoms with Gasteiger partial charge in [-0.2, -0.15) is 0 Å². The third-order valence-corrected chi connectivity index (χ3v) is 4.14. The Labute approximate surface area is 110 Å². The molecular weight excluding hydrogens is 228 g/mol. The lowest BCUT2D eigenvalue weighted by atomic mass is 9.99. The number of nitrogens with one attached hydrogen (secondary N) is 1. The summed E-state index contributed by atoms with van der Waals surface area (Å²) in [6, 6.07) is 0. The normalized spacial score (nSPS) is 26.4. The quantitative estimate of drug-likeness (QED) is 0.803. The zero-order valence-electron chi connectivity index (χ0n) is 11.5. The molecule has 4 nitrogen and oxygen atoms in total. The van der Waals surface area contributed by atoms with E-state index in [1.807, 2.05) is 0 Å². The maximum atomic E-state index is 11.8. The molecule has 4 heteroatoms. The molecule has 1 amide bonds. The predicted octanol–water partition coefficient (Wildman–Crippen LogP) is 1.26. The molecule has 1 N–H and O–H groups in total. The summed E-state index contributed by atoms with van der Waals surface area (Å²) in [7, 11) is 0. The van der Waals surface area contributed by atoms with E-state index < -0.39 is 0 Å². The summed E-state index contributed by atoms with van der Waals surface area (Å²) in [5.74, 6) is 1.66. The van der Waals surface area contributed by atoms with Crippen molar-refractivity contribution in [1.29, 1.82) is 0 Å². The van der Waals surface area contributed by atoms with Crippen LogP contribution in [0.4, 0.5) is 0 Å². The lowest BCUT2D eigenvalue weighted by Gasteiger charge is -2.29. The van der Waals surface area contributed by atoms with Gasteiger partial charge in [0.1, 0.15) is 0 Å². The van der Waals surface area contributed by atoms with Crippen molar-refractivity contribution in [3.63, 3.8) is 0 Å². The van der Waals surface area contributed by atoms with Crippen LogP contribution >= 0.6 is 0 Å². The molecule has 2 rings (SSSR count). The number of likely N-dealkylation sites (tertiary alicyclic amines) is 1. The Hall–Kier alpha value is -0.610. The van der Waals surface area contributed by atoms with Crippen LogP contribution in [0, 0.1) is 11.8 Å². The van der Waals surface area contributed by atoms with Gasteiger partial charge in [-0.25, -0.2) is 0 Å². The molecule has 1 atom stereocenters. The monoisotopic (exact) mass is 254 g/mol. The highest BCUT2D eigenvalue weighted by atomic mass is 16.5. The second-order valence-electron chi connectivity index (χ2n) is 5.83. The van der Waals surface area contributed by atoms with Gasteiger partial charge in [0.15, 0.2) is 0 Å². The second-order valence-corrected chi connectivity index (χ2v) is 5.83. The van der Waals surface area contributed by atoms with Gasteiger partial charge in [0.2, 0.25) is 5.91 Å². The van der Waals surface area contributed by atoms with Gasteiger partial charge in [0, 0.05) is 19.8 Å². The lowest BCUT2D eigenvalue weighted by molar-refractivity contribution is -0.122. The van der Waals surface area contributed by atoms with Crippen LogP contribution in [0.5, 0.6) is 0 Å². The van der Waals surface area contributed by atoms with Crippen LogP contribution in [-0.4, -0.2) is 50.2 Å². The molecule has 0 bridgehead atoms. The minimum Gasteiger partial charge on any atom is -0.381 e. The van der Waals surface area contributed by atoms with E-state index in [-0.39, 0.29) is 5.91 Å². The molecule has 0 unspecified atom stereocenters. The smallest absolute Gasteiger partial charge is 0.234 e. The topological polar surface area (TPSA) is 41.6 Å². The van der Waals surface area contributed by atoms with E-state index >= 15 is 0 Å². The Morgan fingerprint density at radius 2 is 2.11 bits per heavy atom. The number of hydrogen-bond donors (Lipinski definition) is 1. The second kappa shape index (κ2) is 7.10. The van der Waals surface area contributed by atoms with Gasteiger partial charge in [0.05, 0.1) is 6.54 Å². The van der Waals surface area contributed by atoms with E-state index in [0.717, 1.165) is 51.6 Å². The Kier molecular flexibility index (Phi) is 5.45. The van der Waals surface area contributed by atoms with Crippen LogP contribution in [0.25, 0.3) is 0 Å². The highest BCUT2D eigenvalue weighted by Gasteiger charge is 2.18. The number of ether oxygens (including phenoxy) is 1. The minimum atomic E-state index is 0.184. The number of carbonyl (C=O) groups is 1. The molecule has 2 heterocycles. The molecule has 0 aromatic rings. The van der Waals surface area contributed by atoms with E-state index in [2.05, 4.69) is 17.1 Å². The standard InChI is InChI=1S/C14H26N2O2/c1-12-3-7-16(8-4-12)10-14(17)15-6-2-13-5-9-18-11-13/h12-13H,2-11H2,1H3,(H,15,17)/t13-/m1/s1. The third kappa shape index (κ3) is 4.58. The number of amides is 1. The number of carbonyl (C=O) groups excluding carboxylic acids is 1. The first-order valence-electron chi connectivity index (χ1n) is 7.31. The average Bonchev–Trinajstić information content (AvgIpc) is 2.85. The molecule has 0 aromatic carbocycles. The molecule has 2 aliphatic rings. The van der Waals surface area contributed by atoms with Gasteiger partial charge in [0.25, 0.3) is 0 Å². The van der Waals surface area contributed by atoms with E-state index in [9.17, 15) is 4.79 Å². The van der Waals surface area contributed by atoms with Gasteiger partial charge in [-0.1, -0.05) is 6.92 Å². The van der Waals surface area contributed by atoms with Crippen molar-refractivity contribution in [2.75, 3.05) is 39.4 Å².